The van der Waals surface area contributed by atoms with E-state index in [1.54, 1.807) is 0 Å². The summed E-state index contributed by atoms with van der Waals surface area (Å²) in [4.78, 5) is 6.90. The van der Waals surface area contributed by atoms with Crippen molar-refractivity contribution in [2.24, 2.45) is 4.99 Å². The van der Waals surface area contributed by atoms with Crippen LogP contribution in [0.3, 0.4) is 0 Å². The molecular formula is C18H28N4. The summed E-state index contributed by atoms with van der Waals surface area (Å²) in [5.41, 5.74) is 2.64. The third-order valence-electron chi connectivity index (χ3n) is 4.82. The Kier molecular flexibility index (Phi) is 5.20. The van der Waals surface area contributed by atoms with Gasteiger partial charge in [0.05, 0.1) is 0 Å². The van der Waals surface area contributed by atoms with Gasteiger partial charge in [0, 0.05) is 38.4 Å². The van der Waals surface area contributed by atoms with Gasteiger partial charge in [-0.1, -0.05) is 31.4 Å². The van der Waals surface area contributed by atoms with Crippen LogP contribution in [0.25, 0.3) is 0 Å². The summed E-state index contributed by atoms with van der Waals surface area (Å²) in [6, 6.07) is 9.68. The highest BCUT2D eigenvalue weighted by molar-refractivity contribution is 5.80. The molecule has 4 heteroatoms. The summed E-state index contributed by atoms with van der Waals surface area (Å²) in [6.45, 7) is 2.79. The van der Waals surface area contributed by atoms with Gasteiger partial charge in [0.1, 0.15) is 0 Å². The van der Waals surface area contributed by atoms with Gasteiger partial charge in [-0.25, -0.2) is 0 Å². The average molecular weight is 300 g/mol. The Balaban J connectivity index is 1.54. The van der Waals surface area contributed by atoms with Crippen molar-refractivity contribution < 1.29 is 0 Å². The quantitative estimate of drug-likeness (QED) is 0.898. The van der Waals surface area contributed by atoms with Crippen LogP contribution in [0.4, 0.5) is 5.69 Å². The average Bonchev–Trinajstić information content (AvgIpc) is 2.61. The third kappa shape index (κ3) is 3.93. The van der Waals surface area contributed by atoms with E-state index in [4.69, 9.17) is 0 Å². The summed E-state index contributed by atoms with van der Waals surface area (Å²) in [5.74, 6) is 0.939. The van der Waals surface area contributed by atoms with Gasteiger partial charge >= 0.3 is 0 Å². The molecule has 0 spiro atoms. The molecule has 0 amide bonds. The van der Waals surface area contributed by atoms with Crippen LogP contribution >= 0.6 is 0 Å². The van der Waals surface area contributed by atoms with Crippen molar-refractivity contribution >= 4 is 11.6 Å². The maximum absolute atomic E-state index is 4.44. The first-order valence-corrected chi connectivity index (χ1v) is 8.67. The molecule has 1 saturated carbocycles. The minimum absolute atomic E-state index is 0.721. The number of nitrogens with zero attached hydrogens (tertiary/aromatic N) is 2. The van der Waals surface area contributed by atoms with Crippen LogP contribution in [0.1, 0.15) is 44.1 Å². The van der Waals surface area contributed by atoms with Crippen LogP contribution in [0, 0.1) is 0 Å². The molecule has 0 aromatic heterocycles. The molecule has 1 aliphatic heterocycles. The van der Waals surface area contributed by atoms with E-state index >= 15 is 0 Å². The van der Waals surface area contributed by atoms with Crippen molar-refractivity contribution in [3.05, 3.63) is 29.8 Å². The van der Waals surface area contributed by atoms with Crippen molar-refractivity contribution in [1.29, 1.82) is 0 Å². The SMILES string of the molecule is CN(c1ccc(CNC2=NCCCN2)cc1)C1CCCCC1. The van der Waals surface area contributed by atoms with Crippen LogP contribution in [-0.4, -0.2) is 32.1 Å². The van der Waals surface area contributed by atoms with Gasteiger partial charge in [0.25, 0.3) is 0 Å². The van der Waals surface area contributed by atoms with Crippen molar-refractivity contribution in [1.82, 2.24) is 10.6 Å². The molecule has 0 unspecified atom stereocenters. The predicted molar refractivity (Wildman–Crippen MR) is 93.5 cm³/mol. The molecule has 1 aromatic carbocycles. The molecule has 1 aromatic rings. The van der Waals surface area contributed by atoms with Gasteiger partial charge < -0.3 is 15.5 Å². The van der Waals surface area contributed by atoms with E-state index in [9.17, 15) is 0 Å². The summed E-state index contributed by atoms with van der Waals surface area (Å²) in [5, 5.41) is 6.67. The van der Waals surface area contributed by atoms with Crippen LogP contribution in [0.15, 0.2) is 29.3 Å². The molecule has 1 fully saturated rings. The molecule has 2 N–H and O–H groups in total. The lowest BCUT2D eigenvalue weighted by atomic mass is 9.94. The van der Waals surface area contributed by atoms with Crippen molar-refractivity contribution in [3.8, 4) is 0 Å². The summed E-state index contributed by atoms with van der Waals surface area (Å²) in [6.07, 6.45) is 7.98. The third-order valence-corrected chi connectivity index (χ3v) is 4.82. The van der Waals surface area contributed by atoms with E-state index in [0.717, 1.165) is 38.1 Å². The molecule has 1 aliphatic carbocycles. The maximum Gasteiger partial charge on any atom is 0.191 e. The lowest BCUT2D eigenvalue weighted by molar-refractivity contribution is 0.427. The minimum atomic E-state index is 0.721. The van der Waals surface area contributed by atoms with Crippen molar-refractivity contribution in [2.45, 2.75) is 51.1 Å². The zero-order valence-electron chi connectivity index (χ0n) is 13.6. The highest BCUT2D eigenvalue weighted by atomic mass is 15.2. The molecule has 0 bridgehead atoms. The molecule has 0 radical (unpaired) electrons. The highest BCUT2D eigenvalue weighted by Crippen LogP contribution is 2.26. The molecule has 3 rings (SSSR count). The maximum atomic E-state index is 4.44. The number of aliphatic imine (C=N–C) groups is 1. The Morgan fingerprint density at radius 3 is 2.59 bits per heavy atom. The fourth-order valence-corrected chi connectivity index (χ4v) is 3.36. The first kappa shape index (κ1) is 15.2. The number of nitrogens with one attached hydrogen (secondary N) is 2. The Morgan fingerprint density at radius 2 is 1.91 bits per heavy atom. The lowest BCUT2D eigenvalue weighted by Gasteiger charge is -2.33. The highest BCUT2D eigenvalue weighted by Gasteiger charge is 2.18. The second-order valence-electron chi connectivity index (χ2n) is 6.43. The van der Waals surface area contributed by atoms with E-state index in [1.165, 1.54) is 43.4 Å². The largest absolute Gasteiger partial charge is 0.372 e. The summed E-state index contributed by atoms with van der Waals surface area (Å²) >= 11 is 0. The lowest BCUT2D eigenvalue weighted by Crippen LogP contribution is -2.40. The van der Waals surface area contributed by atoms with E-state index in [-0.39, 0.29) is 0 Å². The Morgan fingerprint density at radius 1 is 1.14 bits per heavy atom. The summed E-state index contributed by atoms with van der Waals surface area (Å²) in [7, 11) is 2.24. The molecule has 0 atom stereocenters. The van der Waals surface area contributed by atoms with Crippen LogP contribution in [0.5, 0.6) is 0 Å². The van der Waals surface area contributed by atoms with Crippen LogP contribution in [0.2, 0.25) is 0 Å². The molecule has 1 heterocycles. The second-order valence-corrected chi connectivity index (χ2v) is 6.43. The number of guanidine groups is 1. The second kappa shape index (κ2) is 7.52. The number of benzene rings is 1. The fourth-order valence-electron chi connectivity index (χ4n) is 3.36. The molecule has 4 nitrogen and oxygen atoms in total. The minimum Gasteiger partial charge on any atom is -0.372 e. The smallest absolute Gasteiger partial charge is 0.191 e. The predicted octanol–water partition coefficient (Wildman–Crippen LogP) is 2.89. The number of hydrogen-bond acceptors (Lipinski definition) is 4. The zero-order chi connectivity index (χ0) is 15.2. The standard InChI is InChI=1S/C18H28N4/c1-22(16-6-3-2-4-7-16)17-10-8-15(9-11-17)14-21-18-19-12-5-13-20-18/h8-11,16H,2-7,12-14H2,1H3,(H2,19,20,21). The van der Waals surface area contributed by atoms with Crippen molar-refractivity contribution in [2.75, 3.05) is 25.0 Å². The number of anilines is 1. The van der Waals surface area contributed by atoms with Gasteiger partial charge in [-0.2, -0.15) is 0 Å². The fraction of sp³-hybridized carbons (Fsp3) is 0.611. The molecule has 0 saturated heterocycles. The molecule has 2 aliphatic rings. The van der Waals surface area contributed by atoms with Crippen LogP contribution in [-0.2, 0) is 6.54 Å². The monoisotopic (exact) mass is 300 g/mol. The first-order chi connectivity index (χ1) is 10.8. The Hall–Kier alpha value is -1.71. The van der Waals surface area contributed by atoms with E-state index < -0.39 is 0 Å². The first-order valence-electron chi connectivity index (χ1n) is 8.67. The molecule has 22 heavy (non-hydrogen) atoms. The number of rotatable bonds is 4. The van der Waals surface area contributed by atoms with Gasteiger partial charge in [-0.15, -0.1) is 0 Å². The molecule has 120 valence electrons. The van der Waals surface area contributed by atoms with Crippen LogP contribution < -0.4 is 15.5 Å². The van der Waals surface area contributed by atoms with E-state index in [0.29, 0.717) is 0 Å². The summed E-state index contributed by atoms with van der Waals surface area (Å²) < 4.78 is 0. The van der Waals surface area contributed by atoms with Gasteiger partial charge in [-0.05, 0) is 37.0 Å². The topological polar surface area (TPSA) is 39.7 Å². The Labute approximate surface area is 134 Å². The van der Waals surface area contributed by atoms with Gasteiger partial charge in [0.15, 0.2) is 5.96 Å². The molecular weight excluding hydrogens is 272 g/mol. The van der Waals surface area contributed by atoms with E-state index in [1.807, 2.05) is 0 Å². The van der Waals surface area contributed by atoms with Gasteiger partial charge in [0.2, 0.25) is 0 Å². The van der Waals surface area contributed by atoms with E-state index in [2.05, 4.69) is 51.8 Å². The van der Waals surface area contributed by atoms with Gasteiger partial charge in [-0.3, -0.25) is 4.99 Å². The number of hydrogen-bond donors (Lipinski definition) is 2. The Bertz CT molecular complexity index is 488. The van der Waals surface area contributed by atoms with Crippen molar-refractivity contribution in [3.63, 3.8) is 0 Å². The zero-order valence-corrected chi connectivity index (χ0v) is 13.6. The normalized spacial score (nSPS) is 19.2.